The van der Waals surface area contributed by atoms with Crippen molar-refractivity contribution in [2.75, 3.05) is 11.9 Å². The zero-order valence-electron chi connectivity index (χ0n) is 20.9. The van der Waals surface area contributed by atoms with Crippen molar-refractivity contribution in [3.05, 3.63) is 82.3 Å². The first kappa shape index (κ1) is 29.4. The summed E-state index contributed by atoms with van der Waals surface area (Å²) in [6.45, 7) is 4.71. The minimum atomic E-state index is -4.24. The molecule has 8 nitrogen and oxygen atoms in total. The van der Waals surface area contributed by atoms with Crippen LogP contribution >= 0.6 is 23.2 Å². The highest BCUT2D eigenvalue weighted by Crippen LogP contribution is 2.29. The first-order valence-electron chi connectivity index (χ1n) is 11.9. The van der Waals surface area contributed by atoms with Gasteiger partial charge < -0.3 is 15.7 Å². The zero-order chi connectivity index (χ0) is 27.9. The highest BCUT2D eigenvalue weighted by Gasteiger charge is 2.28. The largest absolute Gasteiger partial charge is 0.480 e. The van der Waals surface area contributed by atoms with E-state index in [1.165, 1.54) is 18.2 Å². The number of anilines is 1. The van der Waals surface area contributed by atoms with Crippen LogP contribution in [-0.2, 0) is 21.2 Å². The average molecular weight is 579 g/mol. The molecule has 4 N–H and O–H groups in total. The zero-order valence-corrected chi connectivity index (χ0v) is 23.2. The third-order valence-corrected chi connectivity index (χ3v) is 8.40. The lowest BCUT2D eigenvalue weighted by Gasteiger charge is -2.16. The van der Waals surface area contributed by atoms with Gasteiger partial charge in [0.1, 0.15) is 10.9 Å². The number of benzene rings is 3. The van der Waals surface area contributed by atoms with E-state index in [1.807, 2.05) is 18.2 Å². The summed E-state index contributed by atoms with van der Waals surface area (Å²) in [4.78, 5) is 23.7. The van der Waals surface area contributed by atoms with Gasteiger partial charge in [-0.05, 0) is 53.3 Å². The number of hydrogen-bond donors (Lipinski definition) is 4. The molecule has 0 radical (unpaired) electrons. The van der Waals surface area contributed by atoms with E-state index in [1.54, 1.807) is 30.3 Å². The van der Waals surface area contributed by atoms with Crippen molar-refractivity contribution in [1.82, 2.24) is 10.0 Å². The second-order valence-corrected chi connectivity index (χ2v) is 11.4. The number of carboxylic acids is 1. The Kier molecular flexibility index (Phi) is 10.2. The van der Waals surface area contributed by atoms with Crippen molar-refractivity contribution in [3.63, 3.8) is 0 Å². The highest BCUT2D eigenvalue weighted by atomic mass is 35.5. The Labute approximate surface area is 232 Å². The number of carboxylic acid groups (broad SMARTS) is 1. The van der Waals surface area contributed by atoms with Crippen LogP contribution in [0.1, 0.15) is 25.8 Å². The number of carbonyl (C=O) groups excluding carboxylic acids is 1. The molecule has 0 aliphatic rings. The maximum absolute atomic E-state index is 12.8. The summed E-state index contributed by atoms with van der Waals surface area (Å²) >= 11 is 11.9. The molecule has 0 aliphatic heterocycles. The van der Waals surface area contributed by atoms with Crippen LogP contribution in [0.15, 0.2) is 71.6 Å². The van der Waals surface area contributed by atoms with E-state index in [4.69, 9.17) is 23.2 Å². The van der Waals surface area contributed by atoms with Crippen LogP contribution in [0.4, 0.5) is 10.5 Å². The van der Waals surface area contributed by atoms with Crippen LogP contribution in [0.3, 0.4) is 0 Å². The van der Waals surface area contributed by atoms with Crippen LogP contribution in [0.2, 0.25) is 10.0 Å². The molecule has 3 aromatic carbocycles. The Hall–Kier alpha value is -3.11. The molecule has 0 bridgehead atoms. The number of halogens is 2. The maximum Gasteiger partial charge on any atom is 0.322 e. The molecular weight excluding hydrogens is 549 g/mol. The molecule has 0 aliphatic carbocycles. The van der Waals surface area contributed by atoms with Gasteiger partial charge in [-0.2, -0.15) is 4.72 Å². The van der Waals surface area contributed by atoms with Gasteiger partial charge in [0.05, 0.1) is 10.0 Å². The Bertz CT molecular complexity index is 1400. The van der Waals surface area contributed by atoms with Gasteiger partial charge in [0, 0.05) is 12.2 Å². The second-order valence-electron chi connectivity index (χ2n) is 8.89. The number of rotatable bonds is 11. The van der Waals surface area contributed by atoms with Crippen molar-refractivity contribution in [2.45, 2.75) is 37.6 Å². The Morgan fingerprint density at radius 3 is 2.32 bits per heavy atom. The molecule has 2 unspecified atom stereocenters. The quantitative estimate of drug-likeness (QED) is 0.229. The van der Waals surface area contributed by atoms with Gasteiger partial charge in [-0.15, -0.1) is 0 Å². The first-order valence-corrected chi connectivity index (χ1v) is 14.2. The predicted molar refractivity (Wildman–Crippen MR) is 150 cm³/mol. The summed E-state index contributed by atoms with van der Waals surface area (Å²) in [5.41, 5.74) is 2.94. The van der Waals surface area contributed by atoms with E-state index in [2.05, 4.69) is 29.2 Å². The summed E-state index contributed by atoms with van der Waals surface area (Å²) in [5, 5.41) is 15.2. The highest BCUT2D eigenvalue weighted by molar-refractivity contribution is 7.89. The average Bonchev–Trinajstić information content (AvgIpc) is 2.88. The lowest BCUT2D eigenvalue weighted by molar-refractivity contribution is -0.138. The van der Waals surface area contributed by atoms with Gasteiger partial charge in [-0.3, -0.25) is 4.79 Å². The monoisotopic (exact) mass is 577 g/mol. The maximum atomic E-state index is 12.8. The molecule has 2 atom stereocenters. The standard InChI is InChI=1S/C27H29Cl2N3O5S/c1-3-17(2)16-30-27(35)31-21-7-4-6-20(15-21)19-12-10-18(11-13-19)14-23(26(33)34)32-38(36,37)24-9-5-8-22(28)25(24)29/h4-13,15,17,23,32H,3,14,16H2,1-2H3,(H,33,34)(H2,30,31,35). The van der Waals surface area contributed by atoms with Gasteiger partial charge in [0.25, 0.3) is 0 Å². The Morgan fingerprint density at radius 1 is 0.974 bits per heavy atom. The molecule has 38 heavy (non-hydrogen) atoms. The summed E-state index contributed by atoms with van der Waals surface area (Å²) < 4.78 is 27.8. The molecule has 3 rings (SSSR count). The molecule has 2 amide bonds. The number of urea groups is 1. The van der Waals surface area contributed by atoms with Gasteiger partial charge >= 0.3 is 12.0 Å². The van der Waals surface area contributed by atoms with Crippen molar-refractivity contribution >= 4 is 50.9 Å². The van der Waals surface area contributed by atoms with E-state index >= 15 is 0 Å². The van der Waals surface area contributed by atoms with E-state index in [9.17, 15) is 23.1 Å². The second kappa shape index (κ2) is 13.1. The van der Waals surface area contributed by atoms with Crippen molar-refractivity contribution in [1.29, 1.82) is 0 Å². The van der Waals surface area contributed by atoms with Crippen molar-refractivity contribution in [3.8, 4) is 11.1 Å². The van der Waals surface area contributed by atoms with Crippen LogP contribution < -0.4 is 15.4 Å². The summed E-state index contributed by atoms with van der Waals surface area (Å²) in [6.07, 6.45) is 0.881. The number of hydrogen-bond acceptors (Lipinski definition) is 4. The third-order valence-electron chi connectivity index (χ3n) is 5.96. The molecule has 0 fully saturated rings. The summed E-state index contributed by atoms with van der Waals surface area (Å²) in [7, 11) is -4.24. The summed E-state index contributed by atoms with van der Waals surface area (Å²) in [6, 6.07) is 16.8. The smallest absolute Gasteiger partial charge is 0.322 e. The molecule has 0 spiro atoms. The molecule has 0 heterocycles. The first-order chi connectivity index (χ1) is 18.0. The number of amides is 2. The number of nitrogens with one attached hydrogen (secondary N) is 3. The van der Waals surface area contributed by atoms with Crippen LogP contribution in [0.25, 0.3) is 11.1 Å². The molecule has 0 saturated carbocycles. The van der Waals surface area contributed by atoms with Crippen LogP contribution in [-0.4, -0.2) is 38.1 Å². The Balaban J connectivity index is 1.70. The van der Waals surface area contributed by atoms with Crippen molar-refractivity contribution in [2.24, 2.45) is 5.92 Å². The third kappa shape index (κ3) is 7.94. The topological polar surface area (TPSA) is 125 Å². The minimum Gasteiger partial charge on any atom is -0.480 e. The predicted octanol–water partition coefficient (Wildman–Crippen LogP) is 5.80. The van der Waals surface area contributed by atoms with Gasteiger partial charge in [0.2, 0.25) is 10.0 Å². The molecule has 0 aromatic heterocycles. The van der Waals surface area contributed by atoms with E-state index in [0.29, 0.717) is 23.7 Å². The number of carbonyl (C=O) groups is 2. The molecule has 202 valence electrons. The van der Waals surface area contributed by atoms with Crippen LogP contribution in [0, 0.1) is 5.92 Å². The fourth-order valence-corrected chi connectivity index (χ4v) is 5.50. The van der Waals surface area contributed by atoms with Gasteiger partial charge in [-0.1, -0.05) is 85.9 Å². The van der Waals surface area contributed by atoms with Crippen molar-refractivity contribution < 1.29 is 23.1 Å². The molecule has 0 saturated heterocycles. The molecule has 3 aromatic rings. The fourth-order valence-electron chi connectivity index (χ4n) is 3.55. The normalized spacial score (nSPS) is 12.9. The fraction of sp³-hybridized carbons (Fsp3) is 0.259. The van der Waals surface area contributed by atoms with Crippen LogP contribution in [0.5, 0.6) is 0 Å². The SMILES string of the molecule is CCC(C)CNC(=O)Nc1cccc(-c2ccc(CC(NS(=O)(=O)c3cccc(Cl)c3Cl)C(=O)O)cc2)c1. The molecule has 11 heteroatoms. The van der Waals surface area contributed by atoms with Gasteiger partial charge in [-0.25, -0.2) is 13.2 Å². The van der Waals surface area contributed by atoms with Gasteiger partial charge in [0.15, 0.2) is 0 Å². The lowest BCUT2D eigenvalue weighted by Crippen LogP contribution is -2.42. The number of sulfonamides is 1. The number of aliphatic carboxylic acids is 1. The Morgan fingerprint density at radius 2 is 1.66 bits per heavy atom. The lowest BCUT2D eigenvalue weighted by atomic mass is 10.0. The summed E-state index contributed by atoms with van der Waals surface area (Å²) in [5.74, 6) is -0.947. The van der Waals surface area contributed by atoms with E-state index < -0.39 is 22.0 Å². The van der Waals surface area contributed by atoms with E-state index in [-0.39, 0.29) is 27.4 Å². The molecular formula is C27H29Cl2N3O5S. The minimum absolute atomic E-state index is 0.0444. The van der Waals surface area contributed by atoms with E-state index in [0.717, 1.165) is 17.5 Å².